The van der Waals surface area contributed by atoms with E-state index < -0.39 is 40.2 Å². The Morgan fingerprint density at radius 2 is 1.66 bits per heavy atom. The van der Waals surface area contributed by atoms with Crippen molar-refractivity contribution in [3.8, 4) is 0 Å². The molecule has 0 aliphatic carbocycles. The van der Waals surface area contributed by atoms with Crippen LogP contribution in [0.4, 0.5) is 10.1 Å². The summed E-state index contributed by atoms with van der Waals surface area (Å²) in [5.74, 6) is -1.76. The number of hydrogen-bond donors (Lipinski definition) is 1. The Bertz CT molecular complexity index is 1200. The second kappa shape index (κ2) is 12.3. The highest BCUT2D eigenvalue weighted by Crippen LogP contribution is 2.35. The van der Waals surface area contributed by atoms with Gasteiger partial charge in [-0.1, -0.05) is 59.9 Å². The maximum Gasteiger partial charge on any atom is 0.244 e. The highest BCUT2D eigenvalue weighted by atomic mass is 35.5. The topological polar surface area (TPSA) is 86.8 Å². The minimum atomic E-state index is -4.02. The van der Waals surface area contributed by atoms with Crippen LogP contribution in [-0.2, 0) is 26.2 Å². The summed E-state index contributed by atoms with van der Waals surface area (Å²) in [5, 5.41) is 2.90. The molecular weight excluding hydrogens is 540 g/mol. The fourth-order valence-electron chi connectivity index (χ4n) is 3.16. The average Bonchev–Trinajstić information content (AvgIpc) is 2.78. The van der Waals surface area contributed by atoms with Crippen molar-refractivity contribution in [2.75, 3.05) is 17.1 Å². The molecule has 0 radical (unpaired) electrons. The van der Waals surface area contributed by atoms with E-state index in [2.05, 4.69) is 5.32 Å². The van der Waals surface area contributed by atoms with Gasteiger partial charge >= 0.3 is 0 Å². The predicted octanol–water partition coefficient (Wildman–Crippen LogP) is 4.88. The van der Waals surface area contributed by atoms with Gasteiger partial charge in [0.2, 0.25) is 21.8 Å². The molecule has 0 spiro atoms. The van der Waals surface area contributed by atoms with Crippen molar-refractivity contribution in [1.29, 1.82) is 0 Å². The number of benzene rings is 2. The maximum atomic E-state index is 14.4. The predicted molar refractivity (Wildman–Crippen MR) is 138 cm³/mol. The number of hydrogen-bond acceptors (Lipinski definition) is 4. The zero-order chi connectivity index (χ0) is 26.5. The molecule has 0 aromatic heterocycles. The van der Waals surface area contributed by atoms with Gasteiger partial charge < -0.3 is 10.2 Å². The Morgan fingerprint density at radius 1 is 1.06 bits per heavy atom. The van der Waals surface area contributed by atoms with E-state index in [-0.39, 0.29) is 38.9 Å². The number of carbonyl (C=O) groups is 2. The van der Waals surface area contributed by atoms with Gasteiger partial charge in [-0.15, -0.1) is 0 Å². The van der Waals surface area contributed by atoms with Crippen LogP contribution in [0.5, 0.6) is 0 Å². The maximum absolute atomic E-state index is 14.4. The SMILES string of the molecule is CCC(C)NC(=O)C(C)N(Cc1ccccc1F)C(=O)CN(c1cc(Cl)c(Cl)cc1Cl)S(C)(=O)=O. The molecule has 0 aliphatic rings. The lowest BCUT2D eigenvalue weighted by atomic mass is 10.1. The van der Waals surface area contributed by atoms with Gasteiger partial charge in [0.25, 0.3) is 0 Å². The van der Waals surface area contributed by atoms with Crippen LogP contribution in [0, 0.1) is 5.82 Å². The number of rotatable bonds is 10. The van der Waals surface area contributed by atoms with E-state index in [1.807, 2.05) is 13.8 Å². The Labute approximate surface area is 220 Å². The van der Waals surface area contributed by atoms with E-state index in [9.17, 15) is 22.4 Å². The average molecular weight is 567 g/mol. The third-order valence-corrected chi connectivity index (χ3v) is 7.56. The molecule has 0 bridgehead atoms. The Balaban J connectivity index is 2.47. The van der Waals surface area contributed by atoms with E-state index in [1.165, 1.54) is 37.3 Å². The summed E-state index contributed by atoms with van der Waals surface area (Å²) in [6.07, 6.45) is 1.57. The molecule has 2 aromatic carbocycles. The van der Waals surface area contributed by atoms with Gasteiger partial charge in [-0.2, -0.15) is 0 Å². The van der Waals surface area contributed by atoms with Crippen molar-refractivity contribution < 1.29 is 22.4 Å². The smallest absolute Gasteiger partial charge is 0.244 e. The summed E-state index contributed by atoms with van der Waals surface area (Å²) in [4.78, 5) is 27.4. The second-order valence-electron chi connectivity index (χ2n) is 8.09. The minimum Gasteiger partial charge on any atom is -0.352 e. The Hall–Kier alpha value is -2.07. The van der Waals surface area contributed by atoms with E-state index >= 15 is 0 Å². The summed E-state index contributed by atoms with van der Waals surface area (Å²) < 4.78 is 40.4. The van der Waals surface area contributed by atoms with Gasteiger partial charge in [0.05, 0.1) is 27.0 Å². The third-order valence-electron chi connectivity index (χ3n) is 5.40. The van der Waals surface area contributed by atoms with Gasteiger partial charge in [-0.3, -0.25) is 13.9 Å². The molecule has 35 heavy (non-hydrogen) atoms. The molecule has 1 N–H and O–H groups in total. The van der Waals surface area contributed by atoms with Crippen LogP contribution in [0.2, 0.25) is 15.1 Å². The van der Waals surface area contributed by atoms with Gasteiger partial charge in [0.1, 0.15) is 18.4 Å². The molecule has 2 atom stereocenters. The zero-order valence-electron chi connectivity index (χ0n) is 19.7. The summed E-state index contributed by atoms with van der Waals surface area (Å²) in [7, 11) is -4.02. The van der Waals surface area contributed by atoms with Crippen molar-refractivity contribution in [2.24, 2.45) is 0 Å². The lowest BCUT2D eigenvalue weighted by Gasteiger charge is -2.32. The molecule has 7 nitrogen and oxygen atoms in total. The van der Waals surface area contributed by atoms with Gasteiger partial charge in [-0.25, -0.2) is 12.8 Å². The first-order valence-electron chi connectivity index (χ1n) is 10.7. The molecule has 0 saturated carbocycles. The van der Waals surface area contributed by atoms with Crippen molar-refractivity contribution in [3.63, 3.8) is 0 Å². The molecule has 2 amide bonds. The Morgan fingerprint density at radius 3 is 2.23 bits per heavy atom. The lowest BCUT2D eigenvalue weighted by Crippen LogP contribution is -2.52. The molecule has 0 aliphatic heterocycles. The van der Waals surface area contributed by atoms with Crippen LogP contribution in [0.3, 0.4) is 0 Å². The van der Waals surface area contributed by atoms with Crippen LogP contribution in [-0.4, -0.2) is 50.0 Å². The zero-order valence-corrected chi connectivity index (χ0v) is 22.8. The second-order valence-corrected chi connectivity index (χ2v) is 11.2. The molecule has 192 valence electrons. The quantitative estimate of drug-likeness (QED) is 0.415. The normalized spacial score (nSPS) is 13.1. The van der Waals surface area contributed by atoms with Crippen LogP contribution in [0.25, 0.3) is 0 Å². The first-order chi connectivity index (χ1) is 16.3. The Kier molecular flexibility index (Phi) is 10.2. The molecular formula is C23H27Cl3FN3O4S. The highest BCUT2D eigenvalue weighted by molar-refractivity contribution is 7.92. The number of nitrogens with one attached hydrogen (secondary N) is 1. The number of halogens is 4. The van der Waals surface area contributed by atoms with E-state index in [0.717, 1.165) is 15.5 Å². The van der Waals surface area contributed by atoms with Crippen molar-refractivity contribution in [1.82, 2.24) is 10.2 Å². The molecule has 0 heterocycles. The van der Waals surface area contributed by atoms with Crippen molar-refractivity contribution in [2.45, 2.75) is 45.8 Å². The molecule has 2 unspecified atom stereocenters. The first-order valence-corrected chi connectivity index (χ1v) is 13.7. The highest BCUT2D eigenvalue weighted by Gasteiger charge is 2.31. The first kappa shape index (κ1) is 29.2. The fourth-order valence-corrected chi connectivity index (χ4v) is 4.70. The van der Waals surface area contributed by atoms with Crippen LogP contribution in [0.1, 0.15) is 32.8 Å². The van der Waals surface area contributed by atoms with Crippen LogP contribution < -0.4 is 9.62 Å². The van der Waals surface area contributed by atoms with Crippen molar-refractivity contribution in [3.05, 3.63) is 62.8 Å². The number of carbonyl (C=O) groups excluding carboxylic acids is 2. The van der Waals surface area contributed by atoms with E-state index in [4.69, 9.17) is 34.8 Å². The lowest BCUT2D eigenvalue weighted by molar-refractivity contribution is -0.139. The molecule has 12 heteroatoms. The van der Waals surface area contributed by atoms with Crippen LogP contribution in [0.15, 0.2) is 36.4 Å². The third kappa shape index (κ3) is 7.70. The van der Waals surface area contributed by atoms with Crippen molar-refractivity contribution >= 4 is 62.3 Å². The van der Waals surface area contributed by atoms with E-state index in [1.54, 1.807) is 6.07 Å². The molecule has 0 saturated heterocycles. The number of sulfonamides is 1. The van der Waals surface area contributed by atoms with E-state index in [0.29, 0.717) is 6.42 Å². The summed E-state index contributed by atoms with van der Waals surface area (Å²) in [5.41, 5.74) is 0.113. The number of amides is 2. The largest absolute Gasteiger partial charge is 0.352 e. The monoisotopic (exact) mass is 565 g/mol. The number of nitrogens with zero attached hydrogens (tertiary/aromatic N) is 2. The van der Waals surface area contributed by atoms with Gasteiger partial charge in [0.15, 0.2) is 0 Å². The van der Waals surface area contributed by atoms with Crippen LogP contribution >= 0.6 is 34.8 Å². The number of anilines is 1. The summed E-state index contributed by atoms with van der Waals surface area (Å²) in [6.45, 7) is 4.24. The van der Waals surface area contributed by atoms with Gasteiger partial charge in [-0.05, 0) is 38.5 Å². The van der Waals surface area contributed by atoms with Gasteiger partial charge in [0, 0.05) is 18.2 Å². The minimum absolute atomic E-state index is 0.0386. The molecule has 2 aromatic rings. The standard InChI is InChI=1S/C23H27Cl3FN3O4S/c1-5-14(2)28-23(32)15(3)29(12-16-8-6-7-9-20(16)27)22(31)13-30(35(4,33)34)21-11-18(25)17(24)10-19(21)26/h6-11,14-15H,5,12-13H2,1-4H3,(H,28,32). The molecule has 2 rings (SSSR count). The summed E-state index contributed by atoms with van der Waals surface area (Å²) in [6, 6.07) is 7.15. The fraction of sp³-hybridized carbons (Fsp3) is 0.391. The summed E-state index contributed by atoms with van der Waals surface area (Å²) >= 11 is 18.2. The molecule has 0 fully saturated rings.